The molecule has 0 radical (unpaired) electrons. The van der Waals surface area contributed by atoms with Gasteiger partial charge in [-0.25, -0.2) is 0 Å². The van der Waals surface area contributed by atoms with E-state index in [0.717, 1.165) is 11.3 Å². The molecule has 0 aliphatic carbocycles. The Bertz CT molecular complexity index is 593. The molecule has 0 atom stereocenters. The van der Waals surface area contributed by atoms with E-state index in [-0.39, 0.29) is 6.04 Å². The van der Waals surface area contributed by atoms with Crippen molar-refractivity contribution >= 4 is 0 Å². The Labute approximate surface area is 106 Å². The maximum absolute atomic E-state index is 9.23. The van der Waals surface area contributed by atoms with Gasteiger partial charge in [0.15, 0.2) is 0 Å². The normalized spacial score (nSPS) is 10.4. The van der Waals surface area contributed by atoms with Gasteiger partial charge in [0.1, 0.15) is 5.75 Å². The summed E-state index contributed by atoms with van der Waals surface area (Å²) in [5.74, 6) is 0.686. The second-order valence-corrected chi connectivity index (χ2v) is 4.28. The fourth-order valence-corrected chi connectivity index (χ4v) is 1.91. The van der Waals surface area contributed by atoms with E-state index in [2.05, 4.69) is 25.0 Å². The molecular formula is C14H15N3O. The van der Waals surface area contributed by atoms with E-state index >= 15 is 0 Å². The van der Waals surface area contributed by atoms with E-state index in [1.165, 1.54) is 0 Å². The highest BCUT2D eigenvalue weighted by Gasteiger charge is 2.12. The van der Waals surface area contributed by atoms with Crippen LogP contribution in [0.4, 0.5) is 0 Å². The standard InChI is InChI=1S/C14H15N3O/c1-10(2)17-14(6-7-16-17)13-5-4-12(18-3)8-11(13)9-15/h4-8,10H,1-3H3. The van der Waals surface area contributed by atoms with Gasteiger partial charge < -0.3 is 4.74 Å². The Morgan fingerprint density at radius 1 is 1.33 bits per heavy atom. The molecule has 2 rings (SSSR count). The first-order chi connectivity index (χ1) is 8.67. The van der Waals surface area contributed by atoms with Crippen molar-refractivity contribution in [2.75, 3.05) is 7.11 Å². The molecule has 18 heavy (non-hydrogen) atoms. The largest absolute Gasteiger partial charge is 0.497 e. The minimum absolute atomic E-state index is 0.253. The van der Waals surface area contributed by atoms with Gasteiger partial charge in [-0.05, 0) is 38.1 Å². The van der Waals surface area contributed by atoms with Gasteiger partial charge in [0.25, 0.3) is 0 Å². The number of rotatable bonds is 3. The van der Waals surface area contributed by atoms with Crippen LogP contribution in [0, 0.1) is 11.3 Å². The summed E-state index contributed by atoms with van der Waals surface area (Å²) in [5.41, 5.74) is 2.42. The molecule has 0 aliphatic rings. The number of methoxy groups -OCH3 is 1. The molecule has 0 bridgehead atoms. The Morgan fingerprint density at radius 2 is 2.11 bits per heavy atom. The predicted molar refractivity (Wildman–Crippen MR) is 69.3 cm³/mol. The maximum atomic E-state index is 9.23. The van der Waals surface area contributed by atoms with Gasteiger partial charge in [-0.1, -0.05) is 0 Å². The second kappa shape index (κ2) is 4.92. The van der Waals surface area contributed by atoms with Crippen LogP contribution in [-0.4, -0.2) is 16.9 Å². The molecule has 1 aromatic heterocycles. The molecule has 0 fully saturated rings. The summed E-state index contributed by atoms with van der Waals surface area (Å²) < 4.78 is 7.04. The Kier molecular flexibility index (Phi) is 3.33. The van der Waals surface area contributed by atoms with Crippen molar-refractivity contribution in [1.29, 1.82) is 5.26 Å². The quantitative estimate of drug-likeness (QED) is 0.830. The molecular weight excluding hydrogens is 226 g/mol. The average molecular weight is 241 g/mol. The average Bonchev–Trinajstić information content (AvgIpc) is 2.87. The highest BCUT2D eigenvalue weighted by molar-refractivity contribution is 5.68. The van der Waals surface area contributed by atoms with Gasteiger partial charge in [-0.3, -0.25) is 4.68 Å². The third-order valence-electron chi connectivity index (χ3n) is 2.78. The molecule has 0 aliphatic heterocycles. The van der Waals surface area contributed by atoms with Crippen LogP contribution < -0.4 is 4.74 Å². The van der Waals surface area contributed by atoms with Crippen molar-refractivity contribution in [1.82, 2.24) is 9.78 Å². The lowest BCUT2D eigenvalue weighted by atomic mass is 10.0. The first kappa shape index (κ1) is 12.2. The van der Waals surface area contributed by atoms with Crippen LogP contribution in [0.1, 0.15) is 25.5 Å². The van der Waals surface area contributed by atoms with Crippen LogP contribution in [0.2, 0.25) is 0 Å². The fraction of sp³-hybridized carbons (Fsp3) is 0.286. The number of ether oxygens (including phenoxy) is 1. The van der Waals surface area contributed by atoms with Crippen molar-refractivity contribution in [3.63, 3.8) is 0 Å². The predicted octanol–water partition coefficient (Wildman–Crippen LogP) is 3.01. The molecule has 92 valence electrons. The van der Waals surface area contributed by atoms with E-state index in [0.29, 0.717) is 11.3 Å². The smallest absolute Gasteiger partial charge is 0.120 e. The van der Waals surface area contributed by atoms with Crippen molar-refractivity contribution in [2.24, 2.45) is 0 Å². The molecule has 0 saturated heterocycles. The van der Waals surface area contributed by atoms with Gasteiger partial charge >= 0.3 is 0 Å². The summed E-state index contributed by atoms with van der Waals surface area (Å²) in [7, 11) is 1.59. The monoisotopic (exact) mass is 241 g/mol. The van der Waals surface area contributed by atoms with Crippen LogP contribution in [-0.2, 0) is 0 Å². The number of hydrogen-bond acceptors (Lipinski definition) is 3. The van der Waals surface area contributed by atoms with Crippen LogP contribution in [0.5, 0.6) is 5.75 Å². The minimum Gasteiger partial charge on any atom is -0.497 e. The molecule has 4 heteroatoms. The summed E-state index contributed by atoms with van der Waals surface area (Å²) in [5, 5.41) is 13.5. The number of benzene rings is 1. The van der Waals surface area contributed by atoms with Crippen LogP contribution in [0.15, 0.2) is 30.5 Å². The van der Waals surface area contributed by atoms with E-state index in [9.17, 15) is 5.26 Å². The lowest BCUT2D eigenvalue weighted by Gasteiger charge is -2.12. The summed E-state index contributed by atoms with van der Waals surface area (Å²) in [4.78, 5) is 0. The topological polar surface area (TPSA) is 50.8 Å². The molecule has 2 aromatic rings. The zero-order valence-corrected chi connectivity index (χ0v) is 10.7. The lowest BCUT2D eigenvalue weighted by Crippen LogP contribution is -2.05. The van der Waals surface area contributed by atoms with E-state index in [1.54, 1.807) is 19.4 Å². The van der Waals surface area contributed by atoms with Crippen molar-refractivity contribution in [3.05, 3.63) is 36.0 Å². The number of aromatic nitrogens is 2. The van der Waals surface area contributed by atoms with Gasteiger partial charge in [0.2, 0.25) is 0 Å². The fourth-order valence-electron chi connectivity index (χ4n) is 1.91. The first-order valence-electron chi connectivity index (χ1n) is 5.79. The minimum atomic E-state index is 0.253. The van der Waals surface area contributed by atoms with Gasteiger partial charge in [0, 0.05) is 17.8 Å². The molecule has 0 saturated carbocycles. The zero-order valence-electron chi connectivity index (χ0n) is 10.7. The third kappa shape index (κ3) is 2.07. The first-order valence-corrected chi connectivity index (χ1v) is 5.79. The van der Waals surface area contributed by atoms with Crippen molar-refractivity contribution in [2.45, 2.75) is 19.9 Å². The highest BCUT2D eigenvalue weighted by atomic mass is 16.5. The third-order valence-corrected chi connectivity index (χ3v) is 2.78. The van der Waals surface area contributed by atoms with E-state index in [1.807, 2.05) is 22.9 Å². The van der Waals surface area contributed by atoms with E-state index < -0.39 is 0 Å². The van der Waals surface area contributed by atoms with Gasteiger partial charge in [-0.15, -0.1) is 0 Å². The Balaban J connectivity index is 2.57. The summed E-state index contributed by atoms with van der Waals surface area (Å²) in [6.07, 6.45) is 1.75. The molecule has 1 aromatic carbocycles. The number of nitrogens with zero attached hydrogens (tertiary/aromatic N) is 3. The molecule has 0 unspecified atom stereocenters. The molecule has 4 nitrogen and oxygen atoms in total. The SMILES string of the molecule is COc1ccc(-c2ccnn2C(C)C)c(C#N)c1. The summed E-state index contributed by atoms with van der Waals surface area (Å²) in [6.45, 7) is 4.12. The zero-order chi connectivity index (χ0) is 13.1. The van der Waals surface area contributed by atoms with Crippen molar-refractivity contribution in [3.8, 4) is 23.1 Å². The van der Waals surface area contributed by atoms with Gasteiger partial charge in [-0.2, -0.15) is 10.4 Å². The van der Waals surface area contributed by atoms with Crippen LogP contribution in [0.25, 0.3) is 11.3 Å². The van der Waals surface area contributed by atoms with Gasteiger partial charge in [0.05, 0.1) is 24.4 Å². The van der Waals surface area contributed by atoms with Crippen molar-refractivity contribution < 1.29 is 4.74 Å². The summed E-state index contributed by atoms with van der Waals surface area (Å²) in [6, 6.07) is 9.87. The van der Waals surface area contributed by atoms with E-state index in [4.69, 9.17) is 4.74 Å². The summed E-state index contributed by atoms with van der Waals surface area (Å²) >= 11 is 0. The lowest BCUT2D eigenvalue weighted by molar-refractivity contribution is 0.414. The number of hydrogen-bond donors (Lipinski definition) is 0. The molecule has 0 N–H and O–H groups in total. The molecule has 0 spiro atoms. The second-order valence-electron chi connectivity index (χ2n) is 4.28. The molecule has 0 amide bonds. The maximum Gasteiger partial charge on any atom is 0.120 e. The highest BCUT2D eigenvalue weighted by Crippen LogP contribution is 2.28. The molecule has 1 heterocycles. The van der Waals surface area contributed by atoms with Crippen LogP contribution >= 0.6 is 0 Å². The Morgan fingerprint density at radius 3 is 2.72 bits per heavy atom. The number of nitriles is 1. The Hall–Kier alpha value is -2.28. The van der Waals surface area contributed by atoms with Crippen LogP contribution in [0.3, 0.4) is 0 Å².